The highest BCUT2D eigenvalue weighted by Crippen LogP contribution is 2.48. The normalized spacial score (nSPS) is 22.2. The topological polar surface area (TPSA) is 40.6 Å². The van der Waals surface area contributed by atoms with Crippen molar-refractivity contribution in [1.82, 2.24) is 9.80 Å². The predicted molar refractivity (Wildman–Crippen MR) is 101 cm³/mol. The van der Waals surface area contributed by atoms with Gasteiger partial charge in [0.05, 0.1) is 0 Å². The summed E-state index contributed by atoms with van der Waals surface area (Å²) in [6.07, 6.45) is 0.935. The van der Waals surface area contributed by atoms with E-state index in [-0.39, 0.29) is 17.7 Å². The van der Waals surface area contributed by atoms with Gasteiger partial charge in [0, 0.05) is 42.7 Å². The van der Waals surface area contributed by atoms with Crippen LogP contribution in [-0.2, 0) is 4.79 Å². The first kappa shape index (κ1) is 17.1. The SMILES string of the molecule is O=C(c1cccc(Cl)c1)N1CCN(C(=O)[C@H]2C[C@@H]2c2ccccc2)CC1. The second-order valence-electron chi connectivity index (χ2n) is 6.99. The Morgan fingerprint density at radius 3 is 2.27 bits per heavy atom. The van der Waals surface area contributed by atoms with E-state index in [0.717, 1.165) is 6.42 Å². The molecule has 0 unspecified atom stereocenters. The first-order valence-electron chi connectivity index (χ1n) is 9.02. The van der Waals surface area contributed by atoms with Crippen LogP contribution in [0.15, 0.2) is 54.6 Å². The van der Waals surface area contributed by atoms with Crippen molar-refractivity contribution >= 4 is 23.4 Å². The molecule has 0 spiro atoms. The number of rotatable bonds is 3. The van der Waals surface area contributed by atoms with E-state index in [1.54, 1.807) is 29.2 Å². The van der Waals surface area contributed by atoms with Crippen LogP contribution in [-0.4, -0.2) is 47.8 Å². The number of carbonyl (C=O) groups is 2. The minimum atomic E-state index is -0.0202. The molecule has 26 heavy (non-hydrogen) atoms. The standard InChI is InChI=1S/C21H21ClN2O2/c22-17-8-4-7-16(13-17)20(25)23-9-11-24(12-10-23)21(26)19-14-18(19)15-5-2-1-3-6-15/h1-8,13,18-19H,9-12,14H2/t18-,19+/m1/s1. The van der Waals surface area contributed by atoms with Crippen LogP contribution in [0.3, 0.4) is 0 Å². The lowest BCUT2D eigenvalue weighted by molar-refractivity contribution is -0.134. The Labute approximate surface area is 158 Å². The molecule has 5 heteroatoms. The molecule has 1 aliphatic heterocycles. The lowest BCUT2D eigenvalue weighted by Crippen LogP contribution is -2.51. The molecule has 0 N–H and O–H groups in total. The second kappa shape index (κ2) is 7.12. The molecule has 1 heterocycles. The van der Waals surface area contributed by atoms with Crippen molar-refractivity contribution in [2.24, 2.45) is 5.92 Å². The molecule has 134 valence electrons. The molecule has 4 rings (SSSR count). The van der Waals surface area contributed by atoms with Crippen molar-refractivity contribution in [1.29, 1.82) is 0 Å². The van der Waals surface area contributed by atoms with Crippen molar-refractivity contribution in [2.45, 2.75) is 12.3 Å². The maximum Gasteiger partial charge on any atom is 0.254 e. The average molecular weight is 369 g/mol. The minimum Gasteiger partial charge on any atom is -0.339 e. The molecule has 0 radical (unpaired) electrons. The molecule has 1 saturated heterocycles. The van der Waals surface area contributed by atoms with Crippen molar-refractivity contribution in [3.05, 3.63) is 70.7 Å². The summed E-state index contributed by atoms with van der Waals surface area (Å²) in [5.41, 5.74) is 1.85. The summed E-state index contributed by atoms with van der Waals surface area (Å²) in [7, 11) is 0. The number of hydrogen-bond donors (Lipinski definition) is 0. The Morgan fingerprint density at radius 2 is 1.58 bits per heavy atom. The molecule has 2 aliphatic rings. The Kier molecular flexibility index (Phi) is 4.68. The fraction of sp³-hybridized carbons (Fsp3) is 0.333. The molecule has 1 aliphatic carbocycles. The Balaban J connectivity index is 1.33. The third-order valence-corrected chi connectivity index (χ3v) is 5.52. The zero-order valence-corrected chi connectivity index (χ0v) is 15.2. The van der Waals surface area contributed by atoms with E-state index in [1.165, 1.54) is 5.56 Å². The van der Waals surface area contributed by atoms with Gasteiger partial charge in [-0.25, -0.2) is 0 Å². The van der Waals surface area contributed by atoms with Crippen LogP contribution in [0.25, 0.3) is 0 Å². The highest BCUT2D eigenvalue weighted by molar-refractivity contribution is 6.30. The monoisotopic (exact) mass is 368 g/mol. The number of piperazine rings is 1. The van der Waals surface area contributed by atoms with Crippen LogP contribution >= 0.6 is 11.6 Å². The largest absolute Gasteiger partial charge is 0.339 e. The Hall–Kier alpha value is -2.33. The lowest BCUT2D eigenvalue weighted by Gasteiger charge is -2.35. The van der Waals surface area contributed by atoms with E-state index in [0.29, 0.717) is 42.7 Å². The second-order valence-corrected chi connectivity index (χ2v) is 7.42. The van der Waals surface area contributed by atoms with Gasteiger partial charge in [0.2, 0.25) is 5.91 Å². The molecular weight excluding hydrogens is 348 g/mol. The number of carbonyl (C=O) groups excluding carboxylic acids is 2. The minimum absolute atomic E-state index is 0.0202. The predicted octanol–water partition coefficient (Wildman–Crippen LogP) is 3.43. The molecule has 0 bridgehead atoms. The van der Waals surface area contributed by atoms with Gasteiger partial charge in [0.25, 0.3) is 5.91 Å². The summed E-state index contributed by atoms with van der Waals surface area (Å²) in [5.74, 6) is 0.671. The summed E-state index contributed by atoms with van der Waals surface area (Å²) in [6, 6.07) is 17.2. The van der Waals surface area contributed by atoms with E-state index >= 15 is 0 Å². The van der Waals surface area contributed by atoms with E-state index in [2.05, 4.69) is 12.1 Å². The van der Waals surface area contributed by atoms with Crippen LogP contribution in [0.1, 0.15) is 28.3 Å². The Morgan fingerprint density at radius 1 is 0.885 bits per heavy atom. The van der Waals surface area contributed by atoms with Crippen molar-refractivity contribution < 1.29 is 9.59 Å². The molecule has 2 amide bonds. The zero-order chi connectivity index (χ0) is 18.1. The van der Waals surface area contributed by atoms with Gasteiger partial charge in [-0.3, -0.25) is 9.59 Å². The fourth-order valence-corrected chi connectivity index (χ4v) is 3.90. The quantitative estimate of drug-likeness (QED) is 0.832. The van der Waals surface area contributed by atoms with Gasteiger partial charge in [0.15, 0.2) is 0 Å². The van der Waals surface area contributed by atoms with Crippen LogP contribution < -0.4 is 0 Å². The van der Waals surface area contributed by atoms with Gasteiger partial charge in [-0.05, 0) is 36.1 Å². The summed E-state index contributed by atoms with van der Waals surface area (Å²) in [4.78, 5) is 29.0. The van der Waals surface area contributed by atoms with Gasteiger partial charge in [-0.1, -0.05) is 48.0 Å². The molecule has 4 nitrogen and oxygen atoms in total. The van der Waals surface area contributed by atoms with E-state index in [1.807, 2.05) is 23.1 Å². The third-order valence-electron chi connectivity index (χ3n) is 5.29. The van der Waals surface area contributed by atoms with Crippen LogP contribution in [0, 0.1) is 5.92 Å². The van der Waals surface area contributed by atoms with Crippen molar-refractivity contribution in [3.63, 3.8) is 0 Å². The van der Waals surface area contributed by atoms with Gasteiger partial charge in [-0.2, -0.15) is 0 Å². The lowest BCUT2D eigenvalue weighted by atomic mass is 10.1. The molecular formula is C21H21ClN2O2. The van der Waals surface area contributed by atoms with Gasteiger partial charge < -0.3 is 9.80 Å². The van der Waals surface area contributed by atoms with Crippen LogP contribution in [0.2, 0.25) is 5.02 Å². The van der Waals surface area contributed by atoms with Crippen LogP contribution in [0.5, 0.6) is 0 Å². The zero-order valence-electron chi connectivity index (χ0n) is 14.5. The first-order valence-corrected chi connectivity index (χ1v) is 9.40. The molecule has 1 saturated carbocycles. The number of nitrogens with zero attached hydrogens (tertiary/aromatic N) is 2. The number of halogens is 1. The molecule has 0 aromatic heterocycles. The fourth-order valence-electron chi connectivity index (χ4n) is 3.71. The average Bonchev–Trinajstić information content (AvgIpc) is 3.48. The molecule has 2 fully saturated rings. The third kappa shape index (κ3) is 3.47. The number of hydrogen-bond acceptors (Lipinski definition) is 2. The highest BCUT2D eigenvalue weighted by atomic mass is 35.5. The summed E-state index contributed by atoms with van der Waals surface area (Å²) >= 11 is 5.97. The highest BCUT2D eigenvalue weighted by Gasteiger charge is 2.46. The van der Waals surface area contributed by atoms with E-state index in [9.17, 15) is 9.59 Å². The number of amides is 2. The summed E-state index contributed by atoms with van der Waals surface area (Å²) in [5, 5.41) is 0.561. The first-order chi connectivity index (χ1) is 12.6. The summed E-state index contributed by atoms with van der Waals surface area (Å²) in [6.45, 7) is 2.34. The smallest absolute Gasteiger partial charge is 0.254 e. The number of benzene rings is 2. The Bertz CT molecular complexity index is 816. The van der Waals surface area contributed by atoms with Crippen LogP contribution in [0.4, 0.5) is 0 Å². The summed E-state index contributed by atoms with van der Waals surface area (Å²) < 4.78 is 0. The molecule has 2 atom stereocenters. The van der Waals surface area contributed by atoms with Crippen molar-refractivity contribution in [3.8, 4) is 0 Å². The van der Waals surface area contributed by atoms with Gasteiger partial charge >= 0.3 is 0 Å². The van der Waals surface area contributed by atoms with Gasteiger partial charge in [0.1, 0.15) is 0 Å². The molecule has 2 aromatic carbocycles. The van der Waals surface area contributed by atoms with E-state index in [4.69, 9.17) is 11.6 Å². The van der Waals surface area contributed by atoms with Gasteiger partial charge in [-0.15, -0.1) is 0 Å². The maximum absolute atomic E-state index is 12.7. The molecule has 2 aromatic rings. The maximum atomic E-state index is 12.7. The van der Waals surface area contributed by atoms with E-state index < -0.39 is 0 Å². The van der Waals surface area contributed by atoms with Crippen molar-refractivity contribution in [2.75, 3.05) is 26.2 Å².